The molecule has 0 aliphatic heterocycles. The third-order valence-corrected chi connectivity index (χ3v) is 5.38. The molecule has 0 radical (unpaired) electrons. The highest BCUT2D eigenvalue weighted by Gasteiger charge is 2.17. The minimum absolute atomic E-state index is 0.294. The lowest BCUT2D eigenvalue weighted by atomic mass is 10.1. The Morgan fingerprint density at radius 3 is 2.15 bits per heavy atom. The highest BCUT2D eigenvalue weighted by Crippen LogP contribution is 2.26. The molecule has 0 spiro atoms. The SMILES string of the molecule is O=S(=O)(c1cccc(Br)c1)c1ccc2ccccc2c1. The standard InChI is InChI=1S/C16H11BrO2S/c17-14-6-3-7-15(11-14)20(18,19)16-9-8-12-4-1-2-5-13(12)10-16/h1-11H. The van der Waals surface area contributed by atoms with Gasteiger partial charge in [0.05, 0.1) is 9.79 Å². The van der Waals surface area contributed by atoms with Gasteiger partial charge in [-0.3, -0.25) is 0 Å². The van der Waals surface area contributed by atoms with E-state index in [4.69, 9.17) is 0 Å². The van der Waals surface area contributed by atoms with Gasteiger partial charge in [0.15, 0.2) is 0 Å². The van der Waals surface area contributed by atoms with E-state index >= 15 is 0 Å². The van der Waals surface area contributed by atoms with Gasteiger partial charge in [0.25, 0.3) is 0 Å². The summed E-state index contributed by atoms with van der Waals surface area (Å²) in [4.78, 5) is 0.608. The van der Waals surface area contributed by atoms with Crippen LogP contribution in [0.2, 0.25) is 0 Å². The average Bonchev–Trinajstić information content (AvgIpc) is 2.46. The van der Waals surface area contributed by atoms with Crippen LogP contribution in [-0.4, -0.2) is 8.42 Å². The molecule has 0 saturated carbocycles. The Hall–Kier alpha value is -1.65. The molecule has 0 amide bonds. The first-order chi connectivity index (χ1) is 9.57. The Morgan fingerprint density at radius 2 is 1.40 bits per heavy atom. The fraction of sp³-hybridized carbons (Fsp3) is 0. The van der Waals surface area contributed by atoms with Crippen molar-refractivity contribution in [3.05, 3.63) is 71.2 Å². The summed E-state index contributed by atoms with van der Waals surface area (Å²) in [5.41, 5.74) is 0. The van der Waals surface area contributed by atoms with E-state index in [0.29, 0.717) is 9.79 Å². The zero-order chi connectivity index (χ0) is 14.2. The first-order valence-electron chi connectivity index (χ1n) is 6.07. The number of fused-ring (bicyclic) bond motifs is 1. The van der Waals surface area contributed by atoms with Gasteiger partial charge in [0, 0.05) is 4.47 Å². The Kier molecular flexibility index (Phi) is 3.36. The largest absolute Gasteiger partial charge is 0.219 e. The highest BCUT2D eigenvalue weighted by atomic mass is 79.9. The summed E-state index contributed by atoms with van der Waals surface area (Å²) >= 11 is 3.30. The topological polar surface area (TPSA) is 34.1 Å². The van der Waals surface area contributed by atoms with Crippen molar-refractivity contribution in [1.82, 2.24) is 0 Å². The second-order valence-electron chi connectivity index (χ2n) is 4.47. The number of benzene rings is 3. The molecule has 0 heterocycles. The van der Waals surface area contributed by atoms with Gasteiger partial charge in [-0.05, 0) is 41.1 Å². The van der Waals surface area contributed by atoms with Crippen LogP contribution in [0, 0.1) is 0 Å². The maximum Gasteiger partial charge on any atom is 0.206 e. The molecule has 0 unspecified atom stereocenters. The summed E-state index contributed by atoms with van der Waals surface area (Å²) in [5.74, 6) is 0. The molecule has 3 aromatic carbocycles. The number of hydrogen-bond donors (Lipinski definition) is 0. The monoisotopic (exact) mass is 346 g/mol. The van der Waals surface area contributed by atoms with Crippen molar-refractivity contribution < 1.29 is 8.42 Å². The summed E-state index contributed by atoms with van der Waals surface area (Å²) in [7, 11) is -3.48. The molecule has 100 valence electrons. The molecule has 0 N–H and O–H groups in total. The first kappa shape index (κ1) is 13.3. The van der Waals surface area contributed by atoms with Crippen LogP contribution >= 0.6 is 15.9 Å². The molecule has 0 saturated heterocycles. The van der Waals surface area contributed by atoms with E-state index in [9.17, 15) is 8.42 Å². The van der Waals surface area contributed by atoms with E-state index in [-0.39, 0.29) is 0 Å². The van der Waals surface area contributed by atoms with Gasteiger partial charge in [0.1, 0.15) is 0 Å². The summed E-state index contributed by atoms with van der Waals surface area (Å²) in [6, 6.07) is 19.7. The van der Waals surface area contributed by atoms with Gasteiger partial charge in [-0.15, -0.1) is 0 Å². The van der Waals surface area contributed by atoms with E-state index < -0.39 is 9.84 Å². The van der Waals surface area contributed by atoms with Crippen molar-refractivity contribution in [2.45, 2.75) is 9.79 Å². The van der Waals surface area contributed by atoms with Crippen LogP contribution in [0.4, 0.5) is 0 Å². The Morgan fingerprint density at radius 1 is 0.700 bits per heavy atom. The van der Waals surface area contributed by atoms with Gasteiger partial charge in [-0.1, -0.05) is 52.3 Å². The minimum atomic E-state index is -3.48. The van der Waals surface area contributed by atoms with Crippen molar-refractivity contribution in [1.29, 1.82) is 0 Å². The zero-order valence-corrected chi connectivity index (χ0v) is 12.9. The van der Waals surface area contributed by atoms with Crippen molar-refractivity contribution >= 4 is 36.5 Å². The minimum Gasteiger partial charge on any atom is -0.219 e. The maximum atomic E-state index is 12.6. The highest BCUT2D eigenvalue weighted by molar-refractivity contribution is 9.10. The molecule has 3 rings (SSSR count). The molecule has 0 aromatic heterocycles. The number of hydrogen-bond acceptors (Lipinski definition) is 2. The number of rotatable bonds is 2. The smallest absolute Gasteiger partial charge is 0.206 e. The second-order valence-corrected chi connectivity index (χ2v) is 7.34. The van der Waals surface area contributed by atoms with Gasteiger partial charge < -0.3 is 0 Å². The van der Waals surface area contributed by atoms with Crippen LogP contribution in [0.5, 0.6) is 0 Å². The van der Waals surface area contributed by atoms with E-state index in [1.54, 1.807) is 36.4 Å². The molecular formula is C16H11BrO2S. The molecule has 0 aliphatic carbocycles. The Labute approximate surface area is 126 Å². The van der Waals surface area contributed by atoms with Crippen LogP contribution in [-0.2, 0) is 9.84 Å². The molecular weight excluding hydrogens is 336 g/mol. The normalized spacial score (nSPS) is 11.7. The lowest BCUT2D eigenvalue weighted by Crippen LogP contribution is -2.01. The van der Waals surface area contributed by atoms with Crippen LogP contribution in [0.15, 0.2) is 81.0 Å². The fourth-order valence-corrected chi connectivity index (χ4v) is 4.00. The first-order valence-corrected chi connectivity index (χ1v) is 8.34. The quantitative estimate of drug-likeness (QED) is 0.687. The van der Waals surface area contributed by atoms with Gasteiger partial charge >= 0.3 is 0 Å². The Bertz CT molecular complexity index is 886. The van der Waals surface area contributed by atoms with Gasteiger partial charge in [-0.25, -0.2) is 8.42 Å². The average molecular weight is 347 g/mol. The number of halogens is 1. The molecule has 0 aliphatic rings. The van der Waals surface area contributed by atoms with Crippen LogP contribution in [0.25, 0.3) is 10.8 Å². The van der Waals surface area contributed by atoms with E-state index in [1.807, 2.05) is 30.3 Å². The van der Waals surface area contributed by atoms with E-state index in [0.717, 1.165) is 15.2 Å². The third kappa shape index (κ3) is 2.37. The molecule has 4 heteroatoms. The zero-order valence-electron chi connectivity index (χ0n) is 10.5. The molecule has 20 heavy (non-hydrogen) atoms. The van der Waals surface area contributed by atoms with Crippen LogP contribution in [0.1, 0.15) is 0 Å². The molecule has 0 bridgehead atoms. The fourth-order valence-electron chi connectivity index (χ4n) is 2.10. The summed E-state index contributed by atoms with van der Waals surface area (Å²) in [5, 5.41) is 1.95. The second kappa shape index (κ2) is 5.04. The third-order valence-electron chi connectivity index (χ3n) is 3.14. The predicted molar refractivity (Wildman–Crippen MR) is 83.5 cm³/mol. The van der Waals surface area contributed by atoms with Crippen LogP contribution < -0.4 is 0 Å². The van der Waals surface area contributed by atoms with Crippen molar-refractivity contribution in [3.63, 3.8) is 0 Å². The molecule has 3 aromatic rings. The predicted octanol–water partition coefficient (Wildman–Crippen LogP) is 4.44. The lowest BCUT2D eigenvalue weighted by molar-refractivity contribution is 0.596. The van der Waals surface area contributed by atoms with Crippen LogP contribution in [0.3, 0.4) is 0 Å². The van der Waals surface area contributed by atoms with E-state index in [2.05, 4.69) is 15.9 Å². The Balaban J connectivity index is 2.18. The maximum absolute atomic E-state index is 12.6. The summed E-state index contributed by atoms with van der Waals surface area (Å²) in [6.45, 7) is 0. The lowest BCUT2D eigenvalue weighted by Gasteiger charge is -2.06. The van der Waals surface area contributed by atoms with Crippen molar-refractivity contribution in [3.8, 4) is 0 Å². The van der Waals surface area contributed by atoms with Crippen molar-refractivity contribution in [2.24, 2.45) is 0 Å². The van der Waals surface area contributed by atoms with Gasteiger partial charge in [-0.2, -0.15) is 0 Å². The number of sulfone groups is 1. The van der Waals surface area contributed by atoms with Gasteiger partial charge in [0.2, 0.25) is 9.84 Å². The molecule has 0 fully saturated rings. The molecule has 2 nitrogen and oxygen atoms in total. The van der Waals surface area contributed by atoms with Crippen molar-refractivity contribution in [2.75, 3.05) is 0 Å². The summed E-state index contributed by atoms with van der Waals surface area (Å²) in [6.07, 6.45) is 0. The summed E-state index contributed by atoms with van der Waals surface area (Å²) < 4.78 is 26.0. The molecule has 0 atom stereocenters. The van der Waals surface area contributed by atoms with E-state index in [1.165, 1.54) is 0 Å².